The summed E-state index contributed by atoms with van der Waals surface area (Å²) in [6.45, 7) is 0.150. The van der Waals surface area contributed by atoms with Gasteiger partial charge in [-0.25, -0.2) is 0 Å². The number of rotatable bonds is 13. The minimum atomic E-state index is -0.645. The zero-order valence-electron chi connectivity index (χ0n) is 26.7. The van der Waals surface area contributed by atoms with Crippen LogP contribution in [0.2, 0.25) is 0 Å². The first kappa shape index (κ1) is 33.5. The van der Waals surface area contributed by atoms with Crippen molar-refractivity contribution < 1.29 is 29.1 Å². The van der Waals surface area contributed by atoms with Crippen LogP contribution in [-0.2, 0) is 33.0 Å². The van der Waals surface area contributed by atoms with Crippen molar-refractivity contribution in [2.75, 3.05) is 48.5 Å². The van der Waals surface area contributed by atoms with Crippen molar-refractivity contribution in [3.63, 3.8) is 0 Å². The van der Waals surface area contributed by atoms with E-state index in [0.29, 0.717) is 34.9 Å². The third kappa shape index (κ3) is 7.99. The molecule has 0 saturated carbocycles. The number of hydrogen-bond donors (Lipinski definition) is 5. The Bertz CT molecular complexity index is 1790. The number of Topliss-reactive ketones (excluding diaryl/α,β-unsaturated/α-hetero) is 1. The fourth-order valence-electron chi connectivity index (χ4n) is 4.93. The fraction of sp³-hybridized carbons (Fsp3) is 0.323. The van der Waals surface area contributed by atoms with E-state index in [1.807, 2.05) is 19.0 Å². The normalized spacial score (nSPS) is 11.0. The molecular weight excluding hydrogens is 594 g/mol. The maximum absolute atomic E-state index is 13.1. The minimum absolute atomic E-state index is 0.133. The Labute approximate surface area is 265 Å². The van der Waals surface area contributed by atoms with Gasteiger partial charge in [0.1, 0.15) is 23.7 Å². The maximum Gasteiger partial charge on any atom is 0.272 e. The molecule has 0 unspecified atom stereocenters. The number of anilines is 4. The molecule has 0 aliphatic carbocycles. The van der Waals surface area contributed by atoms with Crippen LogP contribution < -0.4 is 21.3 Å². The molecule has 4 aromatic heterocycles. The molecule has 0 spiro atoms. The number of nitrogens with one attached hydrogen (secondary N) is 4. The molecule has 15 nitrogen and oxygen atoms in total. The molecular formula is C31H39N9O6. The van der Waals surface area contributed by atoms with Gasteiger partial charge in [-0.1, -0.05) is 0 Å². The molecule has 46 heavy (non-hydrogen) atoms. The van der Waals surface area contributed by atoms with Crippen LogP contribution in [0.1, 0.15) is 54.8 Å². The number of ketones is 1. The predicted molar refractivity (Wildman–Crippen MR) is 173 cm³/mol. The van der Waals surface area contributed by atoms with Gasteiger partial charge in [-0.3, -0.25) is 24.0 Å². The number of carbonyl (C=O) groups excluding carboxylic acids is 5. The van der Waals surface area contributed by atoms with Crippen LogP contribution in [0, 0.1) is 0 Å². The lowest BCUT2D eigenvalue weighted by Gasteiger charge is -2.08. The van der Waals surface area contributed by atoms with Crippen LogP contribution in [0.4, 0.5) is 22.7 Å². The average molecular weight is 634 g/mol. The van der Waals surface area contributed by atoms with Crippen molar-refractivity contribution in [2.24, 2.45) is 28.2 Å². The lowest BCUT2D eigenvalue weighted by atomic mass is 10.3. The third-order valence-corrected chi connectivity index (χ3v) is 7.21. The quantitative estimate of drug-likeness (QED) is 0.140. The van der Waals surface area contributed by atoms with Gasteiger partial charge in [0.05, 0.1) is 28.4 Å². The third-order valence-electron chi connectivity index (χ3n) is 7.21. The molecule has 5 N–H and O–H groups in total. The van der Waals surface area contributed by atoms with E-state index in [1.54, 1.807) is 72.7 Å². The largest absolute Gasteiger partial charge is 0.388 e. The van der Waals surface area contributed by atoms with E-state index in [1.165, 1.54) is 22.8 Å². The first-order valence-corrected chi connectivity index (χ1v) is 14.4. The number of nitrogens with zero attached hydrogens (tertiary/aromatic N) is 5. The van der Waals surface area contributed by atoms with Crippen LogP contribution >= 0.6 is 0 Å². The monoisotopic (exact) mass is 633 g/mol. The molecule has 4 heterocycles. The van der Waals surface area contributed by atoms with Crippen LogP contribution in [-0.4, -0.2) is 84.9 Å². The Kier molecular flexibility index (Phi) is 10.3. The Morgan fingerprint density at radius 1 is 0.609 bits per heavy atom. The topological polar surface area (TPSA) is 177 Å². The Hall–Kier alpha value is -5.41. The summed E-state index contributed by atoms with van der Waals surface area (Å²) in [5.41, 5.74) is 2.73. The second-order valence-corrected chi connectivity index (χ2v) is 11.3. The van der Waals surface area contributed by atoms with Crippen LogP contribution in [0.15, 0.2) is 49.1 Å². The highest BCUT2D eigenvalue weighted by molar-refractivity contribution is 6.09. The van der Waals surface area contributed by atoms with Gasteiger partial charge < -0.3 is 49.5 Å². The molecule has 0 aliphatic heterocycles. The highest BCUT2D eigenvalue weighted by Crippen LogP contribution is 2.21. The van der Waals surface area contributed by atoms with Gasteiger partial charge in [0.25, 0.3) is 17.7 Å². The molecule has 0 aliphatic rings. The SMILES string of the molecule is CN(C)CCCC(=O)Nc1cc(C(=O)Nc2cc(C(=O)Nc3cc(C(=O)Nc4cc(C(=O)CO)n(C)c4)n(C)c3)n(C)c2)n(C)c1. The van der Waals surface area contributed by atoms with E-state index in [4.69, 9.17) is 5.11 Å². The highest BCUT2D eigenvalue weighted by atomic mass is 16.3. The van der Waals surface area contributed by atoms with Gasteiger partial charge in [-0.15, -0.1) is 0 Å². The number of aliphatic hydroxyl groups is 1. The van der Waals surface area contributed by atoms with Crippen molar-refractivity contribution >= 4 is 52.2 Å². The highest BCUT2D eigenvalue weighted by Gasteiger charge is 2.20. The van der Waals surface area contributed by atoms with Crippen molar-refractivity contribution in [1.29, 1.82) is 0 Å². The standard InChI is InChI=1S/C31H39N9O6/c1-36(2)9-7-8-28(43)32-19-11-24(38(4)14-19)29(44)34-21-13-26(40(6)16-21)31(46)35-22-12-25(39(5)17-22)30(45)33-20-10-23(27(42)18-41)37(3)15-20/h10-17,41H,7-9,18H2,1-6H3,(H,32,43)(H,33,45)(H,34,44)(H,35,46). The van der Waals surface area contributed by atoms with Crippen molar-refractivity contribution in [1.82, 2.24) is 23.2 Å². The zero-order chi connectivity index (χ0) is 33.7. The van der Waals surface area contributed by atoms with Crippen molar-refractivity contribution in [2.45, 2.75) is 12.8 Å². The lowest BCUT2D eigenvalue weighted by Crippen LogP contribution is -2.17. The molecule has 4 aromatic rings. The van der Waals surface area contributed by atoms with Gasteiger partial charge in [0.2, 0.25) is 11.7 Å². The van der Waals surface area contributed by atoms with Gasteiger partial charge >= 0.3 is 0 Å². The molecule has 0 bridgehead atoms. The fourth-order valence-corrected chi connectivity index (χ4v) is 4.93. The predicted octanol–water partition coefficient (Wildman–Crippen LogP) is 2.25. The number of amides is 4. The molecule has 15 heteroatoms. The average Bonchev–Trinajstić information content (AvgIpc) is 3.73. The van der Waals surface area contributed by atoms with E-state index < -0.39 is 30.1 Å². The van der Waals surface area contributed by atoms with Crippen molar-refractivity contribution in [3.8, 4) is 0 Å². The van der Waals surface area contributed by atoms with E-state index in [2.05, 4.69) is 21.3 Å². The summed E-state index contributed by atoms with van der Waals surface area (Å²) in [4.78, 5) is 65.2. The summed E-state index contributed by atoms with van der Waals surface area (Å²) in [5.74, 6) is -1.96. The lowest BCUT2D eigenvalue weighted by molar-refractivity contribution is -0.116. The van der Waals surface area contributed by atoms with Gasteiger partial charge in [-0.2, -0.15) is 0 Å². The zero-order valence-corrected chi connectivity index (χ0v) is 26.7. The molecule has 4 rings (SSSR count). The Balaban J connectivity index is 1.37. The van der Waals surface area contributed by atoms with Crippen LogP contribution in [0.25, 0.3) is 0 Å². The summed E-state index contributed by atoms with van der Waals surface area (Å²) < 4.78 is 6.22. The van der Waals surface area contributed by atoms with Gasteiger partial charge in [-0.05, 0) is 51.3 Å². The Morgan fingerprint density at radius 2 is 0.957 bits per heavy atom. The maximum atomic E-state index is 13.1. The first-order valence-electron chi connectivity index (χ1n) is 14.4. The van der Waals surface area contributed by atoms with Crippen molar-refractivity contribution in [3.05, 3.63) is 71.8 Å². The summed E-state index contributed by atoms with van der Waals surface area (Å²) in [5, 5.41) is 20.2. The van der Waals surface area contributed by atoms with Crippen LogP contribution in [0.5, 0.6) is 0 Å². The number of hydrogen-bond acceptors (Lipinski definition) is 7. The van der Waals surface area contributed by atoms with E-state index >= 15 is 0 Å². The molecule has 0 radical (unpaired) electrons. The van der Waals surface area contributed by atoms with Gasteiger partial charge in [0, 0.05) is 59.4 Å². The number of aromatic nitrogens is 4. The number of aryl methyl sites for hydroxylation is 4. The number of carbonyl (C=O) groups is 5. The number of aliphatic hydroxyl groups excluding tert-OH is 1. The molecule has 0 atom stereocenters. The second-order valence-electron chi connectivity index (χ2n) is 11.3. The van der Waals surface area contributed by atoms with E-state index in [9.17, 15) is 24.0 Å². The summed E-state index contributed by atoms with van der Waals surface area (Å²) in [6.07, 6.45) is 7.48. The molecule has 0 fully saturated rings. The summed E-state index contributed by atoms with van der Waals surface area (Å²) >= 11 is 0. The van der Waals surface area contributed by atoms with E-state index in [-0.39, 0.29) is 23.0 Å². The molecule has 0 saturated heterocycles. The Morgan fingerprint density at radius 3 is 1.33 bits per heavy atom. The minimum Gasteiger partial charge on any atom is -0.388 e. The van der Waals surface area contributed by atoms with Crippen LogP contribution in [0.3, 0.4) is 0 Å². The smallest absolute Gasteiger partial charge is 0.272 e. The molecule has 244 valence electrons. The summed E-state index contributed by atoms with van der Waals surface area (Å²) in [6, 6.07) is 6.09. The molecule has 4 amide bonds. The molecule has 0 aromatic carbocycles. The second kappa shape index (κ2) is 14.1. The first-order chi connectivity index (χ1) is 21.7. The summed E-state index contributed by atoms with van der Waals surface area (Å²) in [7, 11) is 10.5. The van der Waals surface area contributed by atoms with E-state index in [0.717, 1.165) is 13.0 Å². The van der Waals surface area contributed by atoms with Gasteiger partial charge in [0.15, 0.2) is 0 Å².